The molecule has 2 unspecified atom stereocenters. The van der Waals surface area contributed by atoms with Gasteiger partial charge < -0.3 is 19.5 Å². The number of carbonyl (C=O) groups is 1. The molecule has 0 saturated carbocycles. The Bertz CT molecular complexity index is 473. The monoisotopic (exact) mass is 307 g/mol. The van der Waals surface area contributed by atoms with Crippen molar-refractivity contribution in [3.05, 3.63) is 18.0 Å². The van der Waals surface area contributed by atoms with Crippen LogP contribution in [0.15, 0.2) is 16.9 Å². The maximum atomic E-state index is 12.4. The fourth-order valence-corrected chi connectivity index (χ4v) is 3.60. The number of hydrogen-bond donors (Lipinski definition) is 1. The van der Waals surface area contributed by atoms with Gasteiger partial charge in [0.1, 0.15) is 6.26 Å². The molecule has 2 amide bonds. The smallest absolute Gasteiger partial charge is 0.317 e. The predicted molar refractivity (Wildman–Crippen MR) is 81.6 cm³/mol. The van der Waals surface area contributed by atoms with Gasteiger partial charge in [-0.3, -0.25) is 0 Å². The number of amides is 2. The van der Waals surface area contributed by atoms with E-state index >= 15 is 0 Å². The molecule has 6 nitrogen and oxygen atoms in total. The number of urea groups is 1. The maximum absolute atomic E-state index is 12.4. The van der Waals surface area contributed by atoms with Crippen LogP contribution in [-0.4, -0.2) is 47.4 Å². The van der Waals surface area contributed by atoms with Crippen LogP contribution in [0, 0.1) is 0 Å². The number of rotatable bonds is 2. The van der Waals surface area contributed by atoms with E-state index in [-0.39, 0.29) is 24.3 Å². The zero-order chi connectivity index (χ0) is 15.5. The van der Waals surface area contributed by atoms with E-state index in [0.717, 1.165) is 44.5 Å². The van der Waals surface area contributed by atoms with Crippen molar-refractivity contribution in [3.8, 4) is 0 Å². The average molecular weight is 307 g/mol. The zero-order valence-electron chi connectivity index (χ0n) is 13.3. The Morgan fingerprint density at radius 2 is 1.95 bits per heavy atom. The predicted octanol–water partition coefficient (Wildman–Crippen LogP) is 2.52. The molecule has 3 heterocycles. The summed E-state index contributed by atoms with van der Waals surface area (Å²) in [6.07, 6.45) is 5.72. The van der Waals surface area contributed by atoms with Gasteiger partial charge in [0, 0.05) is 31.1 Å². The maximum Gasteiger partial charge on any atom is 0.317 e. The average Bonchev–Trinajstić information content (AvgIpc) is 3.00. The molecule has 2 saturated heterocycles. The molecule has 1 aromatic rings. The van der Waals surface area contributed by atoms with E-state index in [4.69, 9.17) is 9.26 Å². The van der Waals surface area contributed by atoms with Crippen LogP contribution in [0.2, 0.25) is 0 Å². The van der Waals surface area contributed by atoms with Gasteiger partial charge in [-0.1, -0.05) is 5.16 Å². The summed E-state index contributed by atoms with van der Waals surface area (Å²) >= 11 is 0. The minimum absolute atomic E-state index is 0.0601. The first kappa shape index (κ1) is 15.3. The fraction of sp³-hybridized carbons (Fsp3) is 0.750. The Labute approximate surface area is 131 Å². The highest BCUT2D eigenvalue weighted by molar-refractivity contribution is 5.74. The van der Waals surface area contributed by atoms with Crippen LogP contribution in [0.25, 0.3) is 0 Å². The molecule has 122 valence electrons. The topological polar surface area (TPSA) is 67.6 Å². The van der Waals surface area contributed by atoms with Gasteiger partial charge in [-0.05, 0) is 39.5 Å². The number of nitrogens with zero attached hydrogens (tertiary/aromatic N) is 2. The first-order valence-corrected chi connectivity index (χ1v) is 8.23. The second-order valence-electron chi connectivity index (χ2n) is 6.56. The third kappa shape index (κ3) is 3.61. The normalized spacial score (nSPS) is 30.3. The van der Waals surface area contributed by atoms with Crippen LogP contribution in [0.1, 0.15) is 51.1 Å². The second-order valence-corrected chi connectivity index (χ2v) is 6.56. The number of nitrogens with one attached hydrogen (secondary N) is 1. The Morgan fingerprint density at radius 3 is 2.55 bits per heavy atom. The van der Waals surface area contributed by atoms with E-state index in [9.17, 15) is 4.79 Å². The summed E-state index contributed by atoms with van der Waals surface area (Å²) < 4.78 is 10.6. The van der Waals surface area contributed by atoms with Crippen molar-refractivity contribution in [2.45, 2.75) is 63.7 Å². The molecule has 0 spiro atoms. The van der Waals surface area contributed by atoms with Crippen molar-refractivity contribution in [2.24, 2.45) is 0 Å². The van der Waals surface area contributed by atoms with Crippen LogP contribution < -0.4 is 5.32 Å². The van der Waals surface area contributed by atoms with E-state index < -0.39 is 0 Å². The van der Waals surface area contributed by atoms with Crippen LogP contribution in [0.4, 0.5) is 4.79 Å². The van der Waals surface area contributed by atoms with Crippen molar-refractivity contribution in [3.63, 3.8) is 0 Å². The van der Waals surface area contributed by atoms with Gasteiger partial charge in [0.2, 0.25) is 0 Å². The van der Waals surface area contributed by atoms with E-state index in [0.29, 0.717) is 5.92 Å². The Balaban J connectivity index is 1.47. The molecule has 2 aliphatic heterocycles. The van der Waals surface area contributed by atoms with Crippen molar-refractivity contribution in [1.29, 1.82) is 0 Å². The molecule has 6 heteroatoms. The van der Waals surface area contributed by atoms with E-state index in [1.165, 1.54) is 0 Å². The molecule has 1 N–H and O–H groups in total. The summed E-state index contributed by atoms with van der Waals surface area (Å²) in [6, 6.07) is 2.20. The number of ether oxygens (including phenoxy) is 1. The van der Waals surface area contributed by atoms with Crippen molar-refractivity contribution in [2.75, 3.05) is 13.1 Å². The van der Waals surface area contributed by atoms with Gasteiger partial charge in [0.25, 0.3) is 0 Å². The minimum Gasteiger partial charge on any atom is -0.375 e. The van der Waals surface area contributed by atoms with Crippen LogP contribution in [-0.2, 0) is 4.74 Å². The van der Waals surface area contributed by atoms with Gasteiger partial charge in [0.15, 0.2) is 0 Å². The first-order chi connectivity index (χ1) is 10.6. The molecule has 2 atom stereocenters. The highest BCUT2D eigenvalue weighted by Gasteiger charge is 2.29. The van der Waals surface area contributed by atoms with Gasteiger partial charge in [-0.25, -0.2) is 4.79 Å². The standard InChI is InChI=1S/C16H25N3O3/c1-11-9-14(10-12(2)22-11)17-16(20)19-6-3-13(4-7-19)15-5-8-21-18-15/h5,8,11-14H,3-4,6-7,9-10H2,1-2H3,(H,17,20). The summed E-state index contributed by atoms with van der Waals surface area (Å²) in [6.45, 7) is 5.69. The lowest BCUT2D eigenvalue weighted by Crippen LogP contribution is -2.50. The van der Waals surface area contributed by atoms with Gasteiger partial charge in [0.05, 0.1) is 17.9 Å². The highest BCUT2D eigenvalue weighted by atomic mass is 16.5. The molecular weight excluding hydrogens is 282 g/mol. The lowest BCUT2D eigenvalue weighted by atomic mass is 9.94. The molecule has 3 rings (SSSR count). The molecule has 0 bridgehead atoms. The largest absolute Gasteiger partial charge is 0.375 e. The van der Waals surface area contributed by atoms with Crippen LogP contribution in [0.5, 0.6) is 0 Å². The summed E-state index contributed by atoms with van der Waals surface area (Å²) in [7, 11) is 0. The number of aromatic nitrogens is 1. The number of hydrogen-bond acceptors (Lipinski definition) is 4. The van der Waals surface area contributed by atoms with Gasteiger partial charge in [-0.2, -0.15) is 0 Å². The molecule has 22 heavy (non-hydrogen) atoms. The molecular formula is C16H25N3O3. The van der Waals surface area contributed by atoms with E-state index in [1.807, 2.05) is 11.0 Å². The number of carbonyl (C=O) groups excluding carboxylic acids is 1. The van der Waals surface area contributed by atoms with Crippen molar-refractivity contribution < 1.29 is 14.1 Å². The second kappa shape index (κ2) is 6.69. The Hall–Kier alpha value is -1.56. The highest BCUT2D eigenvalue weighted by Crippen LogP contribution is 2.27. The molecule has 2 aliphatic rings. The van der Waals surface area contributed by atoms with Gasteiger partial charge >= 0.3 is 6.03 Å². The van der Waals surface area contributed by atoms with Crippen molar-refractivity contribution in [1.82, 2.24) is 15.4 Å². The van der Waals surface area contributed by atoms with Crippen LogP contribution >= 0.6 is 0 Å². The third-order valence-electron chi connectivity index (χ3n) is 4.68. The summed E-state index contributed by atoms with van der Waals surface area (Å²) in [4.78, 5) is 14.3. The van der Waals surface area contributed by atoms with E-state index in [2.05, 4.69) is 24.3 Å². The third-order valence-corrected chi connectivity index (χ3v) is 4.68. The van der Waals surface area contributed by atoms with Gasteiger partial charge in [-0.15, -0.1) is 0 Å². The van der Waals surface area contributed by atoms with E-state index in [1.54, 1.807) is 6.26 Å². The lowest BCUT2D eigenvalue weighted by Gasteiger charge is -2.36. The Kier molecular flexibility index (Phi) is 4.66. The molecule has 0 aromatic carbocycles. The Morgan fingerprint density at radius 1 is 1.27 bits per heavy atom. The van der Waals surface area contributed by atoms with Crippen LogP contribution in [0.3, 0.4) is 0 Å². The van der Waals surface area contributed by atoms with Crippen molar-refractivity contribution >= 4 is 6.03 Å². The lowest BCUT2D eigenvalue weighted by molar-refractivity contribution is -0.0407. The molecule has 0 aliphatic carbocycles. The number of likely N-dealkylation sites (tertiary alicyclic amines) is 1. The quantitative estimate of drug-likeness (QED) is 0.911. The summed E-state index contributed by atoms with van der Waals surface area (Å²) in [5.41, 5.74) is 1.01. The zero-order valence-corrected chi connectivity index (χ0v) is 13.3. The molecule has 2 fully saturated rings. The SMILES string of the molecule is CC1CC(NC(=O)N2CCC(c3ccon3)CC2)CC(C)O1. The minimum atomic E-state index is 0.0601. The molecule has 1 aromatic heterocycles. The molecule has 0 radical (unpaired) electrons. The summed E-state index contributed by atoms with van der Waals surface area (Å²) in [5.74, 6) is 0.408. The summed E-state index contributed by atoms with van der Waals surface area (Å²) in [5, 5.41) is 7.18. The fourth-order valence-electron chi connectivity index (χ4n) is 3.60. The first-order valence-electron chi connectivity index (χ1n) is 8.23. The number of piperidine rings is 1.